The molecule has 1 atom stereocenters. The van der Waals surface area contributed by atoms with Crippen molar-refractivity contribution in [1.29, 1.82) is 0 Å². The Morgan fingerprint density at radius 1 is 1.35 bits per heavy atom. The number of carbonyl (C=O) groups excluding carboxylic acids is 1. The van der Waals surface area contributed by atoms with Crippen LogP contribution in [0.4, 0.5) is 0 Å². The van der Waals surface area contributed by atoms with Crippen LogP contribution in [0.1, 0.15) is 35.4 Å². The summed E-state index contributed by atoms with van der Waals surface area (Å²) < 4.78 is 1.62. The average Bonchev–Trinajstić information content (AvgIpc) is 3.18. The van der Waals surface area contributed by atoms with Crippen LogP contribution in [-0.4, -0.2) is 51.8 Å². The first kappa shape index (κ1) is 15.7. The smallest absolute Gasteiger partial charge is 0.290 e. The van der Waals surface area contributed by atoms with E-state index < -0.39 is 0 Å². The van der Waals surface area contributed by atoms with E-state index in [-0.39, 0.29) is 11.7 Å². The van der Waals surface area contributed by atoms with Crippen molar-refractivity contribution < 1.29 is 4.79 Å². The van der Waals surface area contributed by atoms with Gasteiger partial charge in [-0.25, -0.2) is 9.67 Å². The molecule has 1 fully saturated rings. The second-order valence-electron chi connectivity index (χ2n) is 6.17. The zero-order valence-corrected chi connectivity index (χ0v) is 13.7. The number of amides is 1. The Morgan fingerprint density at radius 3 is 2.83 bits per heavy atom. The molecule has 0 aliphatic carbocycles. The molecule has 1 saturated heterocycles. The maximum absolute atomic E-state index is 12.1. The molecule has 122 valence electrons. The quantitative estimate of drug-likeness (QED) is 0.914. The van der Waals surface area contributed by atoms with Crippen molar-refractivity contribution in [3.8, 4) is 5.69 Å². The van der Waals surface area contributed by atoms with Crippen LogP contribution in [0, 0.1) is 6.92 Å². The van der Waals surface area contributed by atoms with E-state index in [0.29, 0.717) is 12.6 Å². The van der Waals surface area contributed by atoms with Gasteiger partial charge in [0, 0.05) is 12.6 Å². The zero-order valence-electron chi connectivity index (χ0n) is 13.7. The standard InChI is InChI=1S/C17H23N5O/c1-13-5-7-15(8-6-13)22-12-19-16(20-22)17(23)18-10-9-14-4-3-11-21(14)2/h5-8,12,14H,3-4,9-11H2,1-2H3,(H,18,23). The monoisotopic (exact) mass is 313 g/mol. The van der Waals surface area contributed by atoms with E-state index in [1.807, 2.05) is 31.2 Å². The number of benzene rings is 1. The van der Waals surface area contributed by atoms with Crippen LogP contribution < -0.4 is 5.32 Å². The molecular formula is C17H23N5O. The van der Waals surface area contributed by atoms with Gasteiger partial charge in [-0.1, -0.05) is 17.7 Å². The number of aryl methyl sites for hydroxylation is 1. The second kappa shape index (κ2) is 6.91. The minimum absolute atomic E-state index is 0.212. The highest BCUT2D eigenvalue weighted by molar-refractivity contribution is 5.90. The van der Waals surface area contributed by atoms with Crippen LogP contribution in [0.25, 0.3) is 5.69 Å². The molecule has 1 aromatic heterocycles. The summed E-state index contributed by atoms with van der Waals surface area (Å²) in [5.41, 5.74) is 2.08. The molecule has 0 bridgehead atoms. The summed E-state index contributed by atoms with van der Waals surface area (Å²) in [6.07, 6.45) is 5.01. The molecule has 6 heteroatoms. The molecule has 1 N–H and O–H groups in total. The number of hydrogen-bond donors (Lipinski definition) is 1. The van der Waals surface area contributed by atoms with Crippen LogP contribution in [0.2, 0.25) is 0 Å². The van der Waals surface area contributed by atoms with Crippen LogP contribution in [0.3, 0.4) is 0 Å². The molecule has 23 heavy (non-hydrogen) atoms. The molecule has 0 radical (unpaired) electrons. The fourth-order valence-electron chi connectivity index (χ4n) is 2.96. The SMILES string of the molecule is Cc1ccc(-n2cnc(C(=O)NCCC3CCCN3C)n2)cc1. The van der Waals surface area contributed by atoms with E-state index >= 15 is 0 Å². The number of nitrogens with zero attached hydrogens (tertiary/aromatic N) is 4. The number of carbonyl (C=O) groups is 1. The van der Waals surface area contributed by atoms with Gasteiger partial charge in [0.1, 0.15) is 6.33 Å². The van der Waals surface area contributed by atoms with Gasteiger partial charge in [-0.05, 0) is 51.9 Å². The van der Waals surface area contributed by atoms with Crippen LogP contribution in [-0.2, 0) is 0 Å². The average molecular weight is 313 g/mol. The molecule has 0 saturated carbocycles. The normalized spacial score (nSPS) is 18.3. The van der Waals surface area contributed by atoms with Gasteiger partial charge in [-0.15, -0.1) is 5.10 Å². The molecule has 2 aromatic rings. The second-order valence-corrected chi connectivity index (χ2v) is 6.17. The summed E-state index contributed by atoms with van der Waals surface area (Å²) in [6.45, 7) is 3.85. The third-order valence-corrected chi connectivity index (χ3v) is 4.43. The van der Waals surface area contributed by atoms with E-state index in [1.165, 1.54) is 18.4 Å². The first-order chi connectivity index (χ1) is 11.1. The lowest BCUT2D eigenvalue weighted by Gasteiger charge is -2.18. The van der Waals surface area contributed by atoms with Crippen molar-refractivity contribution in [2.24, 2.45) is 0 Å². The van der Waals surface area contributed by atoms with E-state index in [1.54, 1.807) is 11.0 Å². The van der Waals surface area contributed by atoms with Crippen molar-refractivity contribution in [2.45, 2.75) is 32.2 Å². The van der Waals surface area contributed by atoms with Crippen molar-refractivity contribution in [3.63, 3.8) is 0 Å². The Morgan fingerprint density at radius 2 is 2.13 bits per heavy atom. The summed E-state index contributed by atoms with van der Waals surface area (Å²) in [4.78, 5) is 18.6. The van der Waals surface area contributed by atoms with Gasteiger partial charge in [0.2, 0.25) is 5.82 Å². The maximum atomic E-state index is 12.1. The number of nitrogens with one attached hydrogen (secondary N) is 1. The number of likely N-dealkylation sites (tertiary alicyclic amines) is 1. The van der Waals surface area contributed by atoms with E-state index in [9.17, 15) is 4.79 Å². The molecule has 1 amide bonds. The molecule has 3 rings (SSSR count). The Hall–Kier alpha value is -2.21. The Bertz CT molecular complexity index is 664. The van der Waals surface area contributed by atoms with Crippen molar-refractivity contribution in [1.82, 2.24) is 25.0 Å². The minimum Gasteiger partial charge on any atom is -0.349 e. The maximum Gasteiger partial charge on any atom is 0.290 e. The lowest BCUT2D eigenvalue weighted by Crippen LogP contribution is -2.32. The highest BCUT2D eigenvalue weighted by atomic mass is 16.2. The summed E-state index contributed by atoms with van der Waals surface area (Å²) in [7, 11) is 2.14. The van der Waals surface area contributed by atoms with Crippen LogP contribution >= 0.6 is 0 Å². The third-order valence-electron chi connectivity index (χ3n) is 4.43. The molecule has 0 spiro atoms. The molecule has 1 aliphatic heterocycles. The van der Waals surface area contributed by atoms with E-state index in [2.05, 4.69) is 27.3 Å². The number of aromatic nitrogens is 3. The molecular weight excluding hydrogens is 290 g/mol. The molecule has 2 heterocycles. The predicted octanol–water partition coefficient (Wildman–Crippen LogP) is 1.79. The minimum atomic E-state index is -0.212. The van der Waals surface area contributed by atoms with Crippen LogP contribution in [0.5, 0.6) is 0 Å². The third kappa shape index (κ3) is 3.76. The molecule has 1 unspecified atom stereocenters. The van der Waals surface area contributed by atoms with Gasteiger partial charge in [0.25, 0.3) is 5.91 Å². The lowest BCUT2D eigenvalue weighted by molar-refractivity contribution is 0.0940. The first-order valence-corrected chi connectivity index (χ1v) is 8.10. The van der Waals surface area contributed by atoms with Gasteiger partial charge in [0.15, 0.2) is 0 Å². The van der Waals surface area contributed by atoms with E-state index in [0.717, 1.165) is 18.7 Å². The van der Waals surface area contributed by atoms with Gasteiger partial charge in [-0.3, -0.25) is 4.79 Å². The summed E-state index contributed by atoms with van der Waals surface area (Å²) in [6, 6.07) is 8.51. The Balaban J connectivity index is 1.55. The van der Waals surface area contributed by atoms with Crippen LogP contribution in [0.15, 0.2) is 30.6 Å². The summed E-state index contributed by atoms with van der Waals surface area (Å²) in [5, 5.41) is 7.17. The van der Waals surface area contributed by atoms with Gasteiger partial charge >= 0.3 is 0 Å². The van der Waals surface area contributed by atoms with Gasteiger partial charge in [0.05, 0.1) is 5.69 Å². The van der Waals surface area contributed by atoms with Crippen molar-refractivity contribution >= 4 is 5.91 Å². The predicted molar refractivity (Wildman–Crippen MR) is 88.7 cm³/mol. The zero-order chi connectivity index (χ0) is 16.2. The van der Waals surface area contributed by atoms with Gasteiger partial charge in [-0.2, -0.15) is 0 Å². The fourth-order valence-corrected chi connectivity index (χ4v) is 2.96. The fraction of sp³-hybridized carbons (Fsp3) is 0.471. The number of hydrogen-bond acceptors (Lipinski definition) is 4. The largest absolute Gasteiger partial charge is 0.349 e. The summed E-state index contributed by atoms with van der Waals surface area (Å²) in [5.74, 6) is 0.00173. The Labute approximate surface area is 136 Å². The van der Waals surface area contributed by atoms with E-state index in [4.69, 9.17) is 0 Å². The highest BCUT2D eigenvalue weighted by Gasteiger charge is 2.20. The Kier molecular flexibility index (Phi) is 4.71. The van der Waals surface area contributed by atoms with Gasteiger partial charge < -0.3 is 10.2 Å². The molecule has 1 aromatic carbocycles. The van der Waals surface area contributed by atoms with Crippen molar-refractivity contribution in [3.05, 3.63) is 42.0 Å². The summed E-state index contributed by atoms with van der Waals surface area (Å²) >= 11 is 0. The first-order valence-electron chi connectivity index (χ1n) is 8.10. The van der Waals surface area contributed by atoms with Crippen molar-refractivity contribution in [2.75, 3.05) is 20.1 Å². The highest BCUT2D eigenvalue weighted by Crippen LogP contribution is 2.17. The lowest BCUT2D eigenvalue weighted by atomic mass is 10.1. The number of rotatable bonds is 5. The molecule has 6 nitrogen and oxygen atoms in total. The molecule has 1 aliphatic rings. The topological polar surface area (TPSA) is 63.1 Å².